The van der Waals surface area contributed by atoms with Crippen LogP contribution in [0.4, 0.5) is 5.69 Å². The first kappa shape index (κ1) is 12.4. The van der Waals surface area contributed by atoms with Gasteiger partial charge in [0, 0.05) is 24.2 Å². The zero-order valence-electron chi connectivity index (χ0n) is 10.9. The fourth-order valence-corrected chi connectivity index (χ4v) is 3.34. The third-order valence-corrected chi connectivity index (χ3v) is 4.53. The average Bonchev–Trinajstić information content (AvgIpc) is 3.21. The Morgan fingerprint density at radius 2 is 2.37 bits per heavy atom. The Labute approximate surface area is 116 Å². The first-order valence-corrected chi connectivity index (χ1v) is 7.48. The molecule has 3 rings (SSSR count). The van der Waals surface area contributed by atoms with E-state index in [-0.39, 0.29) is 5.91 Å². The van der Waals surface area contributed by atoms with Crippen LogP contribution in [-0.4, -0.2) is 28.4 Å². The largest absolute Gasteiger partial charge is 0.397 e. The second-order valence-electron chi connectivity index (χ2n) is 4.93. The molecule has 2 heterocycles. The van der Waals surface area contributed by atoms with Crippen molar-refractivity contribution in [1.82, 2.24) is 9.88 Å². The highest BCUT2D eigenvalue weighted by atomic mass is 32.1. The lowest BCUT2D eigenvalue weighted by Crippen LogP contribution is -2.33. The normalized spacial score (nSPS) is 14.8. The molecule has 0 spiro atoms. The minimum atomic E-state index is 0.0739. The van der Waals surface area contributed by atoms with E-state index in [1.165, 1.54) is 11.3 Å². The van der Waals surface area contributed by atoms with Gasteiger partial charge in [0.05, 0.1) is 5.69 Å². The molecule has 19 heavy (non-hydrogen) atoms. The Morgan fingerprint density at radius 1 is 1.58 bits per heavy atom. The van der Waals surface area contributed by atoms with E-state index >= 15 is 0 Å². The third-order valence-electron chi connectivity index (χ3n) is 3.41. The van der Waals surface area contributed by atoms with Gasteiger partial charge in [-0.3, -0.25) is 4.79 Å². The summed E-state index contributed by atoms with van der Waals surface area (Å²) in [7, 11) is 0. The van der Waals surface area contributed by atoms with E-state index in [1.54, 1.807) is 6.20 Å². The van der Waals surface area contributed by atoms with E-state index in [0.29, 0.717) is 16.6 Å². The Bertz CT molecular complexity index is 618. The SMILES string of the molecule is CCCN(C(=O)c1sc2ncccc2c1N)C1CC1. The highest BCUT2D eigenvalue weighted by Crippen LogP contribution is 2.35. The molecule has 0 unspecified atom stereocenters. The van der Waals surface area contributed by atoms with Crippen LogP contribution >= 0.6 is 11.3 Å². The van der Waals surface area contributed by atoms with Gasteiger partial charge >= 0.3 is 0 Å². The van der Waals surface area contributed by atoms with Crippen LogP contribution in [0.3, 0.4) is 0 Å². The molecule has 100 valence electrons. The number of nitrogen functional groups attached to an aromatic ring is 1. The van der Waals surface area contributed by atoms with E-state index in [2.05, 4.69) is 11.9 Å². The molecule has 2 aromatic rings. The van der Waals surface area contributed by atoms with Crippen molar-refractivity contribution in [3.63, 3.8) is 0 Å². The van der Waals surface area contributed by atoms with Crippen molar-refractivity contribution in [2.24, 2.45) is 0 Å². The first-order chi connectivity index (χ1) is 9.22. The highest BCUT2D eigenvalue weighted by molar-refractivity contribution is 7.21. The van der Waals surface area contributed by atoms with Gasteiger partial charge in [-0.2, -0.15) is 0 Å². The standard InChI is InChI=1S/C14H17N3OS/c1-2-8-17(9-5-6-9)14(18)12-11(15)10-4-3-7-16-13(10)19-12/h3-4,7,9H,2,5-6,8,15H2,1H3. The molecule has 0 aromatic carbocycles. The predicted octanol–water partition coefficient (Wildman–Crippen LogP) is 2.89. The fraction of sp³-hybridized carbons (Fsp3) is 0.429. The molecule has 1 aliphatic carbocycles. The lowest BCUT2D eigenvalue weighted by Gasteiger charge is -2.21. The van der Waals surface area contributed by atoms with Crippen LogP contribution in [0.5, 0.6) is 0 Å². The number of aromatic nitrogens is 1. The molecular formula is C14H17N3OS. The number of nitrogens with two attached hydrogens (primary N) is 1. The maximum atomic E-state index is 12.6. The lowest BCUT2D eigenvalue weighted by atomic mass is 10.2. The van der Waals surface area contributed by atoms with Crippen LogP contribution in [0.25, 0.3) is 10.2 Å². The Kier molecular flexibility index (Phi) is 3.14. The summed E-state index contributed by atoms with van der Waals surface area (Å²) in [6, 6.07) is 4.20. The number of carbonyl (C=O) groups is 1. The summed E-state index contributed by atoms with van der Waals surface area (Å²) in [5, 5.41) is 0.892. The maximum absolute atomic E-state index is 12.6. The summed E-state index contributed by atoms with van der Waals surface area (Å²) in [4.78, 5) is 20.4. The lowest BCUT2D eigenvalue weighted by molar-refractivity contribution is 0.0749. The molecule has 2 N–H and O–H groups in total. The zero-order valence-corrected chi connectivity index (χ0v) is 11.7. The third kappa shape index (κ3) is 2.18. The number of nitrogens with zero attached hydrogens (tertiary/aromatic N) is 2. The van der Waals surface area contributed by atoms with Crippen molar-refractivity contribution in [3.8, 4) is 0 Å². The first-order valence-electron chi connectivity index (χ1n) is 6.66. The number of hydrogen-bond acceptors (Lipinski definition) is 4. The molecule has 2 aromatic heterocycles. The zero-order chi connectivity index (χ0) is 13.4. The Morgan fingerprint density at radius 3 is 3.00 bits per heavy atom. The molecular weight excluding hydrogens is 258 g/mol. The smallest absolute Gasteiger partial charge is 0.266 e. The molecule has 1 saturated carbocycles. The van der Waals surface area contributed by atoms with Crippen molar-refractivity contribution >= 4 is 33.1 Å². The van der Waals surface area contributed by atoms with Crippen LogP contribution in [0, 0.1) is 0 Å². The minimum absolute atomic E-state index is 0.0739. The van der Waals surface area contributed by atoms with Crippen molar-refractivity contribution in [2.45, 2.75) is 32.2 Å². The van der Waals surface area contributed by atoms with Gasteiger partial charge in [0.1, 0.15) is 9.71 Å². The van der Waals surface area contributed by atoms with Crippen molar-refractivity contribution in [1.29, 1.82) is 0 Å². The molecule has 0 saturated heterocycles. The molecule has 0 bridgehead atoms. The summed E-state index contributed by atoms with van der Waals surface area (Å²) in [5.74, 6) is 0.0739. The molecule has 1 fully saturated rings. The summed E-state index contributed by atoms with van der Waals surface area (Å²) in [6.45, 7) is 2.91. The number of rotatable bonds is 4. The van der Waals surface area contributed by atoms with Gasteiger partial charge in [0.25, 0.3) is 5.91 Å². The van der Waals surface area contributed by atoms with E-state index in [0.717, 1.165) is 36.0 Å². The summed E-state index contributed by atoms with van der Waals surface area (Å²) in [5.41, 5.74) is 6.70. The van der Waals surface area contributed by atoms with E-state index in [1.807, 2.05) is 17.0 Å². The number of anilines is 1. The minimum Gasteiger partial charge on any atom is -0.397 e. The van der Waals surface area contributed by atoms with Gasteiger partial charge in [-0.05, 0) is 31.4 Å². The van der Waals surface area contributed by atoms with Crippen molar-refractivity contribution < 1.29 is 4.79 Å². The van der Waals surface area contributed by atoms with E-state index < -0.39 is 0 Å². The number of thiophene rings is 1. The predicted molar refractivity (Wildman–Crippen MR) is 78.4 cm³/mol. The summed E-state index contributed by atoms with van der Waals surface area (Å²) in [6.07, 6.45) is 4.95. The van der Waals surface area contributed by atoms with Crippen LogP contribution in [-0.2, 0) is 0 Å². The quantitative estimate of drug-likeness (QED) is 0.933. The van der Waals surface area contributed by atoms with Gasteiger partial charge in [-0.15, -0.1) is 11.3 Å². The summed E-state index contributed by atoms with van der Waals surface area (Å²) < 4.78 is 0. The van der Waals surface area contributed by atoms with E-state index in [4.69, 9.17) is 5.73 Å². The molecule has 1 aliphatic rings. The number of hydrogen-bond donors (Lipinski definition) is 1. The monoisotopic (exact) mass is 275 g/mol. The van der Waals surface area contributed by atoms with E-state index in [9.17, 15) is 4.79 Å². The van der Waals surface area contributed by atoms with Crippen LogP contribution in [0.15, 0.2) is 18.3 Å². The maximum Gasteiger partial charge on any atom is 0.266 e. The van der Waals surface area contributed by atoms with Crippen LogP contribution < -0.4 is 5.73 Å². The molecule has 0 radical (unpaired) electrons. The number of pyridine rings is 1. The van der Waals surface area contributed by atoms with Gasteiger partial charge in [0.15, 0.2) is 0 Å². The number of amides is 1. The van der Waals surface area contributed by atoms with Gasteiger partial charge in [-0.25, -0.2) is 4.98 Å². The Hall–Kier alpha value is -1.62. The number of fused-ring (bicyclic) bond motifs is 1. The molecule has 4 nitrogen and oxygen atoms in total. The van der Waals surface area contributed by atoms with Gasteiger partial charge in [-0.1, -0.05) is 6.92 Å². The molecule has 5 heteroatoms. The summed E-state index contributed by atoms with van der Waals surface area (Å²) >= 11 is 1.40. The van der Waals surface area contributed by atoms with Crippen LogP contribution in [0.1, 0.15) is 35.9 Å². The number of carbonyl (C=O) groups excluding carboxylic acids is 1. The van der Waals surface area contributed by atoms with Gasteiger partial charge in [0.2, 0.25) is 0 Å². The topological polar surface area (TPSA) is 59.2 Å². The molecule has 0 aliphatic heterocycles. The molecule has 0 atom stereocenters. The van der Waals surface area contributed by atoms with Crippen molar-refractivity contribution in [3.05, 3.63) is 23.2 Å². The Balaban J connectivity index is 1.98. The van der Waals surface area contributed by atoms with Crippen molar-refractivity contribution in [2.75, 3.05) is 12.3 Å². The molecule has 1 amide bonds. The highest BCUT2D eigenvalue weighted by Gasteiger charge is 2.34. The second-order valence-corrected chi connectivity index (χ2v) is 5.93. The second kappa shape index (κ2) is 4.81. The average molecular weight is 275 g/mol. The fourth-order valence-electron chi connectivity index (χ4n) is 2.32. The van der Waals surface area contributed by atoms with Gasteiger partial charge < -0.3 is 10.6 Å². The van der Waals surface area contributed by atoms with Crippen LogP contribution in [0.2, 0.25) is 0 Å².